The Morgan fingerprint density at radius 1 is 1.15 bits per heavy atom. The molecule has 1 unspecified atom stereocenters. The summed E-state index contributed by atoms with van der Waals surface area (Å²) < 4.78 is 11.8. The van der Waals surface area contributed by atoms with E-state index in [4.69, 9.17) is 9.15 Å². The Kier molecular flexibility index (Phi) is 5.88. The van der Waals surface area contributed by atoms with E-state index >= 15 is 0 Å². The first kappa shape index (κ1) is 21.9. The minimum atomic E-state index is -0.712. The van der Waals surface area contributed by atoms with Crippen LogP contribution in [0.25, 0.3) is 22.1 Å². The Balaban J connectivity index is 1.19. The predicted molar refractivity (Wildman–Crippen MR) is 126 cm³/mol. The van der Waals surface area contributed by atoms with Gasteiger partial charge in [-0.1, -0.05) is 30.3 Å². The second kappa shape index (κ2) is 9.13. The molecule has 1 aliphatic rings. The Bertz CT molecular complexity index is 1450. The topological polar surface area (TPSA) is 103 Å². The van der Waals surface area contributed by atoms with Gasteiger partial charge in [0.05, 0.1) is 12.4 Å². The van der Waals surface area contributed by atoms with Crippen molar-refractivity contribution in [3.8, 4) is 0 Å². The first-order valence-electron chi connectivity index (χ1n) is 11.4. The van der Waals surface area contributed by atoms with E-state index in [1.54, 1.807) is 12.1 Å². The van der Waals surface area contributed by atoms with Gasteiger partial charge in [-0.3, -0.25) is 19.0 Å². The zero-order chi connectivity index (χ0) is 23.7. The minimum absolute atomic E-state index is 0.0770. The summed E-state index contributed by atoms with van der Waals surface area (Å²) in [5.74, 6) is -1.12. The van der Waals surface area contributed by atoms with E-state index in [9.17, 15) is 14.4 Å². The molecule has 0 fully saturated rings. The number of hydrogen-bond acceptors (Lipinski definition) is 6. The van der Waals surface area contributed by atoms with E-state index in [0.29, 0.717) is 11.1 Å². The Morgan fingerprint density at radius 3 is 2.79 bits per heavy atom. The number of nitrogens with one attached hydrogen (secondary N) is 1. The highest BCUT2D eigenvalue weighted by atomic mass is 16.5. The molecule has 1 atom stereocenters. The van der Waals surface area contributed by atoms with Crippen molar-refractivity contribution in [3.05, 3.63) is 75.8 Å². The van der Waals surface area contributed by atoms with Gasteiger partial charge < -0.3 is 14.5 Å². The molecule has 0 radical (unpaired) electrons. The normalized spacial score (nSPS) is 14.0. The summed E-state index contributed by atoms with van der Waals surface area (Å²) in [5, 5.41) is 3.59. The highest BCUT2D eigenvalue weighted by molar-refractivity contribution is 6.01. The molecule has 5 rings (SSSR count). The monoisotopic (exact) mass is 459 g/mol. The van der Waals surface area contributed by atoms with Gasteiger partial charge in [0.1, 0.15) is 17.6 Å². The van der Waals surface area contributed by atoms with Gasteiger partial charge in [-0.2, -0.15) is 0 Å². The van der Waals surface area contributed by atoms with Crippen molar-refractivity contribution in [3.63, 3.8) is 0 Å². The molecule has 0 saturated heterocycles. The van der Waals surface area contributed by atoms with Crippen LogP contribution < -0.4 is 10.9 Å². The number of rotatable bonds is 6. The molecule has 34 heavy (non-hydrogen) atoms. The average molecular weight is 460 g/mol. The summed E-state index contributed by atoms with van der Waals surface area (Å²) in [4.78, 5) is 41.6. The summed E-state index contributed by atoms with van der Waals surface area (Å²) in [6.45, 7) is 1.10. The number of benzene rings is 2. The van der Waals surface area contributed by atoms with E-state index in [1.165, 1.54) is 30.3 Å². The quantitative estimate of drug-likeness (QED) is 0.443. The molecule has 1 amide bonds. The Labute approximate surface area is 195 Å². The molecular formula is C26H25N3O5. The molecule has 0 saturated carbocycles. The lowest BCUT2D eigenvalue weighted by molar-refractivity contribution is -0.149. The van der Waals surface area contributed by atoms with E-state index in [2.05, 4.69) is 22.4 Å². The second-order valence-corrected chi connectivity index (χ2v) is 8.64. The summed E-state index contributed by atoms with van der Waals surface area (Å²) in [6, 6.07) is 13.3. The molecule has 0 spiro atoms. The maximum Gasteiger partial charge on any atom is 0.326 e. The van der Waals surface area contributed by atoms with Gasteiger partial charge in [-0.05, 0) is 61.4 Å². The molecule has 8 nitrogen and oxygen atoms in total. The minimum Gasteiger partial charge on any atom is -0.454 e. The maximum absolute atomic E-state index is 12.7. The first-order chi connectivity index (χ1) is 16.5. The predicted octanol–water partition coefficient (Wildman–Crippen LogP) is 3.44. The van der Waals surface area contributed by atoms with Crippen molar-refractivity contribution in [2.24, 2.45) is 0 Å². The van der Waals surface area contributed by atoms with Crippen LogP contribution in [0.4, 0.5) is 0 Å². The van der Waals surface area contributed by atoms with Crippen LogP contribution in [-0.4, -0.2) is 28.0 Å². The molecule has 0 bridgehead atoms. The number of esters is 1. The fraction of sp³-hybridized carbons (Fsp3) is 0.308. The third kappa shape index (κ3) is 4.31. The molecule has 2 heterocycles. The van der Waals surface area contributed by atoms with Crippen molar-refractivity contribution in [2.45, 2.75) is 45.2 Å². The van der Waals surface area contributed by atoms with Gasteiger partial charge in [-0.15, -0.1) is 0 Å². The van der Waals surface area contributed by atoms with E-state index in [1.807, 2.05) is 25.1 Å². The smallest absolute Gasteiger partial charge is 0.326 e. The summed E-state index contributed by atoms with van der Waals surface area (Å²) >= 11 is 0. The number of furan rings is 1. The average Bonchev–Trinajstić information content (AvgIpc) is 3.24. The zero-order valence-corrected chi connectivity index (χ0v) is 18.9. The highest BCUT2D eigenvalue weighted by Gasteiger charge is 2.17. The number of carbonyl (C=O) groups is 2. The summed E-state index contributed by atoms with van der Waals surface area (Å²) in [7, 11) is 0. The Morgan fingerprint density at radius 2 is 1.94 bits per heavy atom. The third-order valence-electron chi connectivity index (χ3n) is 6.26. The van der Waals surface area contributed by atoms with Crippen LogP contribution in [0.2, 0.25) is 0 Å². The number of aryl methyl sites for hydroxylation is 2. The van der Waals surface area contributed by atoms with E-state index in [0.717, 1.165) is 28.4 Å². The maximum atomic E-state index is 12.7. The number of fused-ring (bicyclic) bond motifs is 4. The number of para-hydroxylation sites is 1. The van der Waals surface area contributed by atoms with Crippen molar-refractivity contribution < 1.29 is 18.7 Å². The van der Waals surface area contributed by atoms with Crippen LogP contribution in [0.3, 0.4) is 0 Å². The molecule has 0 aliphatic heterocycles. The van der Waals surface area contributed by atoms with Crippen molar-refractivity contribution in [2.75, 3.05) is 6.61 Å². The van der Waals surface area contributed by atoms with Gasteiger partial charge in [0.2, 0.25) is 5.58 Å². The lowest BCUT2D eigenvalue weighted by Gasteiger charge is -2.20. The van der Waals surface area contributed by atoms with Gasteiger partial charge in [0.25, 0.3) is 11.5 Å². The number of ether oxygens (including phenoxy) is 1. The molecule has 174 valence electrons. The van der Waals surface area contributed by atoms with Crippen molar-refractivity contribution in [1.29, 1.82) is 0 Å². The molecular weight excluding hydrogens is 434 g/mol. The molecule has 1 aliphatic carbocycles. The number of hydrogen-bond donors (Lipinski definition) is 1. The fourth-order valence-corrected chi connectivity index (χ4v) is 4.45. The van der Waals surface area contributed by atoms with E-state index in [-0.39, 0.29) is 18.2 Å². The zero-order valence-electron chi connectivity index (χ0n) is 18.9. The van der Waals surface area contributed by atoms with Crippen molar-refractivity contribution >= 4 is 33.9 Å². The number of carbonyl (C=O) groups excluding carboxylic acids is 2. The summed E-state index contributed by atoms with van der Waals surface area (Å²) in [5.41, 5.74) is 4.34. The molecule has 2 aromatic carbocycles. The van der Waals surface area contributed by atoms with Crippen LogP contribution in [0.1, 0.15) is 42.5 Å². The van der Waals surface area contributed by atoms with Crippen LogP contribution in [-0.2, 0) is 33.7 Å². The van der Waals surface area contributed by atoms with Crippen LogP contribution in [0, 0.1) is 0 Å². The van der Waals surface area contributed by atoms with Crippen LogP contribution in [0.15, 0.2) is 58.0 Å². The number of nitrogens with zero attached hydrogens (tertiary/aromatic N) is 2. The first-order valence-corrected chi connectivity index (χ1v) is 11.4. The van der Waals surface area contributed by atoms with E-state index < -0.39 is 24.0 Å². The summed E-state index contributed by atoms with van der Waals surface area (Å²) in [6.07, 6.45) is 5.86. The number of amides is 1. The van der Waals surface area contributed by atoms with Gasteiger partial charge in [0, 0.05) is 5.39 Å². The van der Waals surface area contributed by atoms with Gasteiger partial charge in [0.15, 0.2) is 6.61 Å². The van der Waals surface area contributed by atoms with Crippen LogP contribution in [0.5, 0.6) is 0 Å². The lowest BCUT2D eigenvalue weighted by Crippen LogP contribution is -2.32. The van der Waals surface area contributed by atoms with Crippen LogP contribution >= 0.6 is 0 Å². The van der Waals surface area contributed by atoms with Crippen molar-refractivity contribution in [1.82, 2.24) is 14.9 Å². The SMILES string of the molecule is CC(NC(=O)COC(=O)Cn1cnc2c(oc3ccccc32)c1=O)c1ccc2c(c1)CCCC2. The Hall–Kier alpha value is -3.94. The number of aromatic nitrogens is 2. The highest BCUT2D eigenvalue weighted by Crippen LogP contribution is 2.25. The van der Waals surface area contributed by atoms with Gasteiger partial charge >= 0.3 is 5.97 Å². The molecule has 4 aromatic rings. The molecule has 2 aromatic heterocycles. The standard InChI is InChI=1S/C26H25N3O5/c1-16(18-11-10-17-6-2-3-7-19(17)12-18)28-22(30)14-33-23(31)13-29-15-27-24-20-8-4-5-9-21(20)34-25(24)26(29)32/h4-5,8-12,15-16H,2-3,6-7,13-14H2,1H3,(H,28,30). The van der Waals surface area contributed by atoms with Gasteiger partial charge in [-0.25, -0.2) is 4.98 Å². The molecule has 1 N–H and O–H groups in total. The second-order valence-electron chi connectivity index (χ2n) is 8.64. The largest absolute Gasteiger partial charge is 0.454 e. The lowest BCUT2D eigenvalue weighted by atomic mass is 9.89. The fourth-order valence-electron chi connectivity index (χ4n) is 4.45. The molecule has 8 heteroatoms. The third-order valence-corrected chi connectivity index (χ3v) is 6.26.